The van der Waals surface area contributed by atoms with Crippen molar-refractivity contribution in [3.8, 4) is 5.82 Å². The van der Waals surface area contributed by atoms with Crippen molar-refractivity contribution in [2.75, 3.05) is 17.7 Å². The predicted octanol–water partition coefficient (Wildman–Crippen LogP) is 4.94. The number of urea groups is 1. The van der Waals surface area contributed by atoms with Gasteiger partial charge in [-0.3, -0.25) is 4.98 Å². The Morgan fingerprint density at radius 1 is 1.14 bits per heavy atom. The molecule has 10 nitrogen and oxygen atoms in total. The smallest absolute Gasteiger partial charge is 0.377 e. The van der Waals surface area contributed by atoms with Gasteiger partial charge >= 0.3 is 12.2 Å². The number of amides is 2. The molecule has 0 unspecified atom stereocenters. The summed E-state index contributed by atoms with van der Waals surface area (Å²) in [6, 6.07) is 3.21. The number of carbonyl (C=O) groups excluding carboxylic acids is 1. The number of nitrogens with one attached hydrogen (secondary N) is 2. The Hall–Kier alpha value is -3.84. The van der Waals surface area contributed by atoms with Crippen molar-refractivity contribution in [2.45, 2.75) is 26.1 Å². The normalized spacial score (nSPS) is 12.5. The van der Waals surface area contributed by atoms with E-state index in [4.69, 9.17) is 16.3 Å². The lowest BCUT2D eigenvalue weighted by Crippen LogP contribution is -2.23. The second kappa shape index (κ2) is 9.43. The van der Waals surface area contributed by atoms with E-state index in [1.165, 1.54) is 32.6 Å². The van der Waals surface area contributed by atoms with Gasteiger partial charge in [0.05, 0.1) is 52.8 Å². The van der Waals surface area contributed by atoms with E-state index in [2.05, 4.69) is 35.8 Å². The zero-order chi connectivity index (χ0) is 25.3. The van der Waals surface area contributed by atoms with Crippen LogP contribution in [0.2, 0.25) is 5.15 Å². The van der Waals surface area contributed by atoms with Gasteiger partial charge in [-0.15, -0.1) is 4.80 Å². The quantitative estimate of drug-likeness (QED) is 0.368. The molecule has 0 aliphatic carbocycles. The van der Waals surface area contributed by atoms with Crippen LogP contribution in [0.5, 0.6) is 0 Å². The van der Waals surface area contributed by atoms with Crippen LogP contribution in [0.1, 0.15) is 29.8 Å². The summed E-state index contributed by atoms with van der Waals surface area (Å²) < 4.78 is 46.6. The molecule has 0 fully saturated rings. The van der Waals surface area contributed by atoms with Crippen LogP contribution in [0.15, 0.2) is 36.8 Å². The molecule has 0 saturated carbocycles. The summed E-state index contributed by atoms with van der Waals surface area (Å²) in [7, 11) is 1.48. The summed E-state index contributed by atoms with van der Waals surface area (Å²) in [5.41, 5.74) is 0.543. The maximum Gasteiger partial charge on any atom is 0.420 e. The second-order valence-electron chi connectivity index (χ2n) is 7.35. The SMILES string of the molecule is CO[C@H](C)c1c(NC(=O)Nc2cc(C(F)(F)F)c(-n3nccn3)nc2C)cnc2ccc(Cl)nc12. The second-order valence-corrected chi connectivity index (χ2v) is 7.74. The number of hydrogen-bond donors (Lipinski definition) is 2. The van der Waals surface area contributed by atoms with Crippen molar-refractivity contribution >= 4 is 40.0 Å². The third-order valence-corrected chi connectivity index (χ3v) is 5.29. The number of fused-ring (bicyclic) bond motifs is 1. The first-order valence-corrected chi connectivity index (χ1v) is 10.5. The fourth-order valence-electron chi connectivity index (χ4n) is 3.37. The minimum absolute atomic E-state index is 0.121. The molecule has 35 heavy (non-hydrogen) atoms. The van der Waals surface area contributed by atoms with E-state index >= 15 is 0 Å². The van der Waals surface area contributed by atoms with Gasteiger partial charge in [-0.05, 0) is 32.0 Å². The number of aryl methyl sites for hydroxylation is 1. The van der Waals surface area contributed by atoms with E-state index in [0.29, 0.717) is 16.6 Å². The van der Waals surface area contributed by atoms with Crippen molar-refractivity contribution in [3.63, 3.8) is 0 Å². The highest BCUT2D eigenvalue weighted by Crippen LogP contribution is 2.36. The number of hydrogen-bond acceptors (Lipinski definition) is 7. The zero-order valence-electron chi connectivity index (χ0n) is 18.6. The standard InChI is InChI=1S/C21H18ClF3N8O2/c1-10-14(8-12(21(23,24)25)19(29-10)33-27-6-7-28-33)30-20(34)31-15-9-26-13-4-5-16(22)32-18(13)17(15)11(2)35-3/h4-9,11H,1-3H3,(H2,30,31,34)/t11-/m1/s1. The molecular weight excluding hydrogens is 489 g/mol. The number of nitrogens with zero attached hydrogens (tertiary/aromatic N) is 6. The van der Waals surface area contributed by atoms with Crippen LogP contribution in [-0.4, -0.2) is 43.1 Å². The first-order valence-electron chi connectivity index (χ1n) is 10.1. The Bertz CT molecular complexity index is 1400. The van der Waals surface area contributed by atoms with Crippen molar-refractivity contribution in [1.29, 1.82) is 0 Å². The molecule has 0 bridgehead atoms. The first-order chi connectivity index (χ1) is 16.6. The minimum Gasteiger partial charge on any atom is -0.377 e. The molecule has 2 amide bonds. The highest BCUT2D eigenvalue weighted by molar-refractivity contribution is 6.29. The van der Waals surface area contributed by atoms with Crippen LogP contribution >= 0.6 is 11.6 Å². The number of pyridine rings is 3. The molecule has 4 rings (SSSR count). The number of carbonyl (C=O) groups is 1. The van der Waals surface area contributed by atoms with Crippen LogP contribution in [0.3, 0.4) is 0 Å². The van der Waals surface area contributed by atoms with Gasteiger partial charge in [-0.25, -0.2) is 14.8 Å². The third kappa shape index (κ3) is 5.00. The molecule has 1 atom stereocenters. The van der Waals surface area contributed by atoms with Crippen LogP contribution in [0.4, 0.5) is 29.3 Å². The number of ether oxygens (including phenoxy) is 1. The molecular formula is C21H18ClF3N8O2. The Labute approximate surface area is 201 Å². The number of halogens is 4. The number of aromatic nitrogens is 6. The van der Waals surface area contributed by atoms with Crippen molar-refractivity contribution in [3.05, 3.63) is 58.8 Å². The molecule has 0 aliphatic rings. The van der Waals surface area contributed by atoms with E-state index in [1.807, 2.05) is 0 Å². The number of methoxy groups -OCH3 is 1. The van der Waals surface area contributed by atoms with Gasteiger partial charge in [0.2, 0.25) is 0 Å². The number of alkyl halides is 3. The van der Waals surface area contributed by atoms with Gasteiger partial charge in [0, 0.05) is 12.7 Å². The van der Waals surface area contributed by atoms with Gasteiger partial charge in [-0.2, -0.15) is 23.4 Å². The fourth-order valence-corrected chi connectivity index (χ4v) is 3.52. The van der Waals surface area contributed by atoms with Crippen molar-refractivity contribution in [1.82, 2.24) is 29.9 Å². The predicted molar refractivity (Wildman–Crippen MR) is 122 cm³/mol. The highest BCUT2D eigenvalue weighted by Gasteiger charge is 2.36. The lowest BCUT2D eigenvalue weighted by molar-refractivity contribution is -0.137. The van der Waals surface area contributed by atoms with E-state index < -0.39 is 29.7 Å². The summed E-state index contributed by atoms with van der Waals surface area (Å²) >= 11 is 6.03. The van der Waals surface area contributed by atoms with E-state index in [-0.39, 0.29) is 22.2 Å². The maximum atomic E-state index is 13.7. The third-order valence-electron chi connectivity index (χ3n) is 5.08. The fraction of sp³-hybridized carbons (Fsp3) is 0.238. The van der Waals surface area contributed by atoms with Crippen LogP contribution in [-0.2, 0) is 10.9 Å². The summed E-state index contributed by atoms with van der Waals surface area (Å²) in [6.45, 7) is 3.19. The average molecular weight is 507 g/mol. The van der Waals surface area contributed by atoms with Crippen molar-refractivity contribution in [2.24, 2.45) is 0 Å². The van der Waals surface area contributed by atoms with E-state index in [1.54, 1.807) is 19.1 Å². The number of rotatable bonds is 5. The Kier molecular flexibility index (Phi) is 6.54. The Morgan fingerprint density at radius 3 is 2.49 bits per heavy atom. The molecule has 0 spiro atoms. The summed E-state index contributed by atoms with van der Waals surface area (Å²) in [6.07, 6.45) is -1.42. The molecule has 0 aromatic carbocycles. The molecule has 2 N–H and O–H groups in total. The molecule has 4 aromatic rings. The maximum absolute atomic E-state index is 13.7. The lowest BCUT2D eigenvalue weighted by atomic mass is 10.1. The molecule has 182 valence electrons. The minimum atomic E-state index is -4.77. The topological polar surface area (TPSA) is 120 Å². The zero-order valence-corrected chi connectivity index (χ0v) is 19.3. The van der Waals surface area contributed by atoms with Gasteiger partial charge in [0.15, 0.2) is 5.82 Å². The van der Waals surface area contributed by atoms with Gasteiger partial charge in [0.1, 0.15) is 10.7 Å². The summed E-state index contributed by atoms with van der Waals surface area (Å²) in [5.74, 6) is -0.510. The van der Waals surface area contributed by atoms with Gasteiger partial charge in [0.25, 0.3) is 0 Å². The van der Waals surface area contributed by atoms with Gasteiger partial charge < -0.3 is 15.4 Å². The Balaban J connectivity index is 1.69. The lowest BCUT2D eigenvalue weighted by Gasteiger charge is -2.19. The molecule has 0 aliphatic heterocycles. The monoisotopic (exact) mass is 506 g/mol. The summed E-state index contributed by atoms with van der Waals surface area (Å²) in [5, 5.41) is 12.7. The average Bonchev–Trinajstić information content (AvgIpc) is 3.33. The Morgan fingerprint density at radius 2 is 1.83 bits per heavy atom. The van der Waals surface area contributed by atoms with Crippen LogP contribution in [0.25, 0.3) is 16.9 Å². The van der Waals surface area contributed by atoms with Crippen LogP contribution in [0, 0.1) is 6.92 Å². The highest BCUT2D eigenvalue weighted by atomic mass is 35.5. The van der Waals surface area contributed by atoms with Crippen LogP contribution < -0.4 is 10.6 Å². The van der Waals surface area contributed by atoms with Crippen molar-refractivity contribution < 1.29 is 22.7 Å². The molecule has 4 aromatic heterocycles. The van der Waals surface area contributed by atoms with Gasteiger partial charge in [-0.1, -0.05) is 11.6 Å². The molecule has 0 saturated heterocycles. The molecule has 14 heteroatoms. The van der Waals surface area contributed by atoms with E-state index in [0.717, 1.165) is 10.9 Å². The van der Waals surface area contributed by atoms with E-state index in [9.17, 15) is 18.0 Å². The number of anilines is 2. The molecule has 4 heterocycles. The summed E-state index contributed by atoms with van der Waals surface area (Å²) in [4.78, 5) is 26.1. The largest absolute Gasteiger partial charge is 0.420 e. The first kappa shape index (κ1) is 24.3. The molecule has 0 radical (unpaired) electrons.